The average Bonchev–Trinajstić information content (AvgIpc) is 2.96. The van der Waals surface area contributed by atoms with Crippen LogP contribution in [0.2, 0.25) is 0 Å². The van der Waals surface area contributed by atoms with E-state index in [0.29, 0.717) is 11.5 Å². The van der Waals surface area contributed by atoms with Gasteiger partial charge in [-0.1, -0.05) is 12.2 Å². The van der Waals surface area contributed by atoms with Gasteiger partial charge in [0, 0.05) is 18.8 Å². The highest BCUT2D eigenvalue weighted by Gasteiger charge is 2.18. The Labute approximate surface area is 122 Å². The van der Waals surface area contributed by atoms with Crippen molar-refractivity contribution in [1.82, 2.24) is 4.90 Å². The van der Waals surface area contributed by atoms with Crippen LogP contribution < -0.4 is 11.1 Å². The largest absolute Gasteiger partial charge is 0.384 e. The molecule has 0 saturated carbocycles. The Hall–Kier alpha value is -2.13. The van der Waals surface area contributed by atoms with Crippen molar-refractivity contribution in [1.29, 1.82) is 5.26 Å². The predicted octanol–water partition coefficient (Wildman–Crippen LogP) is 2.35. The zero-order valence-electron chi connectivity index (χ0n) is 10.9. The second kappa shape index (κ2) is 6.35. The molecule has 0 amide bonds. The predicted molar refractivity (Wildman–Crippen MR) is 80.3 cm³/mol. The Bertz CT molecular complexity index is 568. The van der Waals surface area contributed by atoms with Gasteiger partial charge in [-0.25, -0.2) is 4.39 Å². The van der Waals surface area contributed by atoms with Crippen LogP contribution in [0.1, 0.15) is 12.8 Å². The van der Waals surface area contributed by atoms with E-state index in [-0.39, 0.29) is 16.4 Å². The molecule has 1 aromatic rings. The number of anilines is 1. The molecule has 0 aromatic heterocycles. The number of nitrogens with two attached hydrogens (primary N) is 1. The van der Waals surface area contributed by atoms with Crippen LogP contribution in [0, 0.1) is 17.1 Å². The number of halogens is 1. The van der Waals surface area contributed by atoms with Gasteiger partial charge in [-0.15, -0.1) is 0 Å². The normalized spacial score (nSPS) is 15.5. The van der Waals surface area contributed by atoms with Crippen molar-refractivity contribution < 1.29 is 4.39 Å². The van der Waals surface area contributed by atoms with Crippen molar-refractivity contribution >= 4 is 22.9 Å². The summed E-state index contributed by atoms with van der Waals surface area (Å²) >= 11 is 5.21. The van der Waals surface area contributed by atoms with E-state index in [1.54, 1.807) is 12.1 Å². The van der Waals surface area contributed by atoms with Crippen LogP contribution in [0.15, 0.2) is 35.7 Å². The molecule has 0 bridgehead atoms. The number of rotatable bonds is 3. The summed E-state index contributed by atoms with van der Waals surface area (Å²) in [5, 5.41) is 12.1. The molecule has 0 aliphatic carbocycles. The number of nitrogens with zero attached hydrogens (tertiary/aromatic N) is 2. The molecule has 1 fully saturated rings. The number of nitriles is 1. The Balaban J connectivity index is 2.15. The lowest BCUT2D eigenvalue weighted by Gasteiger charge is -2.19. The highest BCUT2D eigenvalue weighted by Crippen LogP contribution is 2.16. The molecular weight excluding hydrogens is 275 g/mol. The van der Waals surface area contributed by atoms with Crippen LogP contribution in [-0.4, -0.2) is 23.0 Å². The lowest BCUT2D eigenvalue weighted by atomic mass is 10.2. The van der Waals surface area contributed by atoms with E-state index in [1.165, 1.54) is 12.1 Å². The lowest BCUT2D eigenvalue weighted by molar-refractivity contribution is 0.420. The van der Waals surface area contributed by atoms with E-state index in [0.717, 1.165) is 25.9 Å². The first-order valence-corrected chi connectivity index (χ1v) is 6.74. The van der Waals surface area contributed by atoms with E-state index < -0.39 is 0 Å². The van der Waals surface area contributed by atoms with Gasteiger partial charge < -0.3 is 16.0 Å². The maximum Gasteiger partial charge on any atom is 0.127 e. The second-order valence-corrected chi connectivity index (χ2v) is 4.94. The van der Waals surface area contributed by atoms with Crippen molar-refractivity contribution in [3.63, 3.8) is 0 Å². The summed E-state index contributed by atoms with van der Waals surface area (Å²) in [5.41, 5.74) is 6.89. The number of hydrogen-bond donors (Lipinski definition) is 2. The summed E-state index contributed by atoms with van der Waals surface area (Å²) in [7, 11) is 0. The fraction of sp³-hybridized carbons (Fsp3) is 0.286. The first kappa shape index (κ1) is 14.3. The van der Waals surface area contributed by atoms with Gasteiger partial charge in [-0.3, -0.25) is 0 Å². The molecule has 4 nitrogen and oxygen atoms in total. The molecule has 2 rings (SSSR count). The van der Waals surface area contributed by atoms with Gasteiger partial charge in [0.1, 0.15) is 28.3 Å². The fourth-order valence-corrected chi connectivity index (χ4v) is 2.34. The maximum atomic E-state index is 12.8. The first-order chi connectivity index (χ1) is 9.61. The summed E-state index contributed by atoms with van der Waals surface area (Å²) in [6, 6.07) is 7.81. The third-order valence-corrected chi connectivity index (χ3v) is 3.45. The van der Waals surface area contributed by atoms with E-state index in [2.05, 4.69) is 5.32 Å². The van der Waals surface area contributed by atoms with Crippen molar-refractivity contribution in [2.75, 3.05) is 18.4 Å². The van der Waals surface area contributed by atoms with E-state index in [4.69, 9.17) is 18.0 Å². The first-order valence-electron chi connectivity index (χ1n) is 6.33. The van der Waals surface area contributed by atoms with Crippen molar-refractivity contribution in [2.24, 2.45) is 5.73 Å². The van der Waals surface area contributed by atoms with Crippen LogP contribution >= 0.6 is 12.2 Å². The number of thiocarbonyl (C=S) groups is 1. The molecule has 0 spiro atoms. The van der Waals surface area contributed by atoms with Crippen LogP contribution in [0.3, 0.4) is 0 Å². The zero-order chi connectivity index (χ0) is 14.5. The van der Waals surface area contributed by atoms with Gasteiger partial charge in [0.15, 0.2) is 0 Å². The quantitative estimate of drug-likeness (QED) is 0.508. The molecule has 104 valence electrons. The smallest absolute Gasteiger partial charge is 0.127 e. The minimum atomic E-state index is -0.325. The number of benzene rings is 1. The SMILES string of the molecule is N#C/C(C(=S)Nc1ccc(F)cc1)=C(/N)N1CCCC1. The summed E-state index contributed by atoms with van der Waals surface area (Å²) in [4.78, 5) is 2.21. The summed E-state index contributed by atoms with van der Waals surface area (Å²) in [6.07, 6.45) is 2.13. The van der Waals surface area contributed by atoms with E-state index >= 15 is 0 Å². The third kappa shape index (κ3) is 3.25. The van der Waals surface area contributed by atoms with Crippen molar-refractivity contribution in [3.05, 3.63) is 41.5 Å². The van der Waals surface area contributed by atoms with Gasteiger partial charge in [-0.2, -0.15) is 5.26 Å². The highest BCUT2D eigenvalue weighted by molar-refractivity contribution is 7.81. The Kier molecular flexibility index (Phi) is 4.53. The standard InChI is InChI=1S/C14H15FN4S/c15-10-3-5-11(6-4-10)18-14(20)12(9-16)13(17)19-7-1-2-8-19/h3-6H,1-2,7-8,17H2,(H,18,20)/b13-12+. The molecule has 6 heteroatoms. The van der Waals surface area contributed by atoms with Crippen LogP contribution in [-0.2, 0) is 0 Å². The minimum absolute atomic E-state index is 0.253. The molecule has 0 unspecified atom stereocenters. The van der Waals surface area contributed by atoms with E-state index in [1.807, 2.05) is 11.0 Å². The minimum Gasteiger partial charge on any atom is -0.384 e. The van der Waals surface area contributed by atoms with Crippen molar-refractivity contribution in [2.45, 2.75) is 12.8 Å². The summed E-state index contributed by atoms with van der Waals surface area (Å²) < 4.78 is 12.8. The van der Waals surface area contributed by atoms with E-state index in [9.17, 15) is 9.65 Å². The van der Waals surface area contributed by atoms with Crippen molar-refractivity contribution in [3.8, 4) is 6.07 Å². The Morgan fingerprint density at radius 1 is 1.30 bits per heavy atom. The van der Waals surface area contributed by atoms with Gasteiger partial charge in [-0.05, 0) is 37.1 Å². The average molecular weight is 290 g/mol. The topological polar surface area (TPSA) is 65.1 Å². The monoisotopic (exact) mass is 290 g/mol. The molecule has 1 heterocycles. The van der Waals surface area contributed by atoms with Gasteiger partial charge >= 0.3 is 0 Å². The van der Waals surface area contributed by atoms with Crippen LogP contribution in [0.25, 0.3) is 0 Å². The molecule has 1 aliphatic heterocycles. The number of nitrogens with one attached hydrogen (secondary N) is 1. The fourth-order valence-electron chi connectivity index (χ4n) is 2.07. The number of likely N-dealkylation sites (tertiary alicyclic amines) is 1. The summed E-state index contributed by atoms with van der Waals surface area (Å²) in [5.74, 6) is 0.0821. The zero-order valence-corrected chi connectivity index (χ0v) is 11.7. The third-order valence-electron chi connectivity index (χ3n) is 3.14. The Morgan fingerprint density at radius 3 is 2.45 bits per heavy atom. The van der Waals surface area contributed by atoms with Gasteiger partial charge in [0.25, 0.3) is 0 Å². The molecule has 1 aliphatic rings. The molecule has 0 atom stereocenters. The van der Waals surface area contributed by atoms with Crippen LogP contribution in [0.5, 0.6) is 0 Å². The Morgan fingerprint density at radius 2 is 1.90 bits per heavy atom. The molecular formula is C14H15FN4S. The number of hydrogen-bond acceptors (Lipinski definition) is 4. The molecule has 0 radical (unpaired) electrons. The maximum absolute atomic E-state index is 12.8. The molecule has 1 aromatic carbocycles. The highest BCUT2D eigenvalue weighted by atomic mass is 32.1. The van der Waals surface area contributed by atoms with Gasteiger partial charge in [0.05, 0.1) is 0 Å². The van der Waals surface area contributed by atoms with Gasteiger partial charge in [0.2, 0.25) is 0 Å². The molecule has 3 N–H and O–H groups in total. The molecule has 20 heavy (non-hydrogen) atoms. The summed E-state index contributed by atoms with van der Waals surface area (Å²) in [6.45, 7) is 1.69. The molecule has 1 saturated heterocycles. The van der Waals surface area contributed by atoms with Crippen LogP contribution in [0.4, 0.5) is 10.1 Å². The lowest BCUT2D eigenvalue weighted by Crippen LogP contribution is -2.29. The second-order valence-electron chi connectivity index (χ2n) is 4.53.